The van der Waals surface area contributed by atoms with Crippen molar-refractivity contribution in [3.05, 3.63) is 24.2 Å². The van der Waals surface area contributed by atoms with E-state index < -0.39 is 40.9 Å². The van der Waals surface area contributed by atoms with Crippen LogP contribution >= 0.6 is 0 Å². The second kappa shape index (κ2) is 5.45. The van der Waals surface area contributed by atoms with Crippen LogP contribution in [0.3, 0.4) is 0 Å². The predicted molar refractivity (Wildman–Crippen MR) is 99.2 cm³/mol. The third-order valence-corrected chi connectivity index (χ3v) is 5.46. The number of fused-ring (bicyclic) bond motifs is 1. The molecule has 3 aliphatic rings. The smallest absolute Gasteiger partial charge is 0.413 e. The lowest BCUT2D eigenvalue weighted by Gasteiger charge is -2.29. The van der Waals surface area contributed by atoms with Crippen molar-refractivity contribution in [2.75, 3.05) is 11.9 Å². The number of amides is 1. The molecule has 2 aromatic heterocycles. The summed E-state index contributed by atoms with van der Waals surface area (Å²) in [5.41, 5.74) is -1.42. The van der Waals surface area contributed by atoms with Crippen molar-refractivity contribution in [2.45, 2.75) is 69.4 Å². The van der Waals surface area contributed by atoms with E-state index in [4.69, 9.17) is 18.9 Å². The van der Waals surface area contributed by atoms with Crippen LogP contribution in [-0.4, -0.2) is 61.6 Å². The molecule has 4 heterocycles. The first-order valence-electron chi connectivity index (χ1n) is 9.52. The van der Waals surface area contributed by atoms with Crippen LogP contribution in [0.15, 0.2) is 18.5 Å². The van der Waals surface area contributed by atoms with E-state index in [1.807, 2.05) is 19.9 Å². The Morgan fingerprint density at radius 1 is 1.34 bits per heavy atom. The van der Waals surface area contributed by atoms with Gasteiger partial charge in [0.05, 0.1) is 12.3 Å². The van der Waals surface area contributed by atoms with Crippen LogP contribution in [-0.2, 0) is 24.5 Å². The van der Waals surface area contributed by atoms with Crippen molar-refractivity contribution in [2.24, 2.45) is 0 Å². The normalized spacial score (nSPS) is 34.7. The summed E-state index contributed by atoms with van der Waals surface area (Å²) in [4.78, 5) is 16.4. The van der Waals surface area contributed by atoms with Crippen molar-refractivity contribution in [3.63, 3.8) is 0 Å². The highest BCUT2D eigenvalue weighted by atomic mass is 16.8. The van der Waals surface area contributed by atoms with Gasteiger partial charge >= 0.3 is 6.09 Å². The van der Waals surface area contributed by atoms with Crippen molar-refractivity contribution in [3.8, 4) is 0 Å². The molecule has 0 aromatic carbocycles. The first kappa shape index (κ1) is 18.7. The average Bonchev–Trinajstić information content (AvgIpc) is 2.95. The van der Waals surface area contributed by atoms with Crippen molar-refractivity contribution in [1.82, 2.24) is 14.6 Å². The van der Waals surface area contributed by atoms with Crippen LogP contribution in [0.2, 0.25) is 0 Å². The summed E-state index contributed by atoms with van der Waals surface area (Å²) in [6.07, 6.45) is -0.510. The van der Waals surface area contributed by atoms with Crippen LogP contribution in [0.1, 0.15) is 40.3 Å². The first-order chi connectivity index (χ1) is 13.5. The van der Waals surface area contributed by atoms with E-state index >= 15 is 0 Å². The van der Waals surface area contributed by atoms with Crippen LogP contribution in [0.5, 0.6) is 0 Å². The number of aromatic nitrogens is 3. The number of nitrogens with zero attached hydrogens (tertiary/aromatic N) is 3. The van der Waals surface area contributed by atoms with Crippen molar-refractivity contribution < 1.29 is 28.8 Å². The molecule has 0 radical (unpaired) electrons. The molecule has 1 saturated carbocycles. The highest BCUT2D eigenvalue weighted by molar-refractivity contribution is 5.89. The van der Waals surface area contributed by atoms with Gasteiger partial charge in [0.1, 0.15) is 29.7 Å². The SMILES string of the molecule is CC(C)(C)OC(=O)Nc1ncnn2c([C@@]34CO[C@@H]5C(O)[C@@]53OC(C)(C)O4)ccc12. The molecule has 5 rings (SSSR count). The lowest BCUT2D eigenvalue weighted by atomic mass is 9.92. The maximum Gasteiger partial charge on any atom is 0.413 e. The fraction of sp³-hybridized carbons (Fsp3) is 0.632. The van der Waals surface area contributed by atoms with Gasteiger partial charge in [-0.25, -0.2) is 14.3 Å². The van der Waals surface area contributed by atoms with Gasteiger partial charge in [-0.2, -0.15) is 5.10 Å². The minimum absolute atomic E-state index is 0.225. The maximum absolute atomic E-state index is 12.2. The summed E-state index contributed by atoms with van der Waals surface area (Å²) in [5.74, 6) is -0.593. The van der Waals surface area contributed by atoms with Gasteiger partial charge in [0, 0.05) is 0 Å². The highest BCUT2D eigenvalue weighted by Crippen LogP contribution is 2.67. The lowest BCUT2D eigenvalue weighted by Crippen LogP contribution is -2.44. The number of anilines is 1. The summed E-state index contributed by atoms with van der Waals surface area (Å²) >= 11 is 0. The Kier molecular flexibility index (Phi) is 3.52. The molecule has 156 valence electrons. The minimum atomic E-state index is -1.02. The number of carbonyl (C=O) groups excluding carboxylic acids is 1. The zero-order chi connectivity index (χ0) is 20.8. The average molecular weight is 404 g/mol. The van der Waals surface area contributed by atoms with E-state index in [1.54, 1.807) is 31.4 Å². The topological polar surface area (TPSA) is 116 Å². The maximum atomic E-state index is 12.2. The molecule has 10 nitrogen and oxygen atoms in total. The Hall–Kier alpha value is -2.27. The van der Waals surface area contributed by atoms with E-state index in [1.165, 1.54) is 6.33 Å². The number of hydrogen-bond acceptors (Lipinski definition) is 8. The number of aliphatic hydroxyl groups is 1. The molecule has 4 atom stereocenters. The van der Waals surface area contributed by atoms with Gasteiger partial charge in [-0.1, -0.05) is 0 Å². The van der Waals surface area contributed by atoms with Gasteiger partial charge in [0.15, 0.2) is 22.8 Å². The van der Waals surface area contributed by atoms with Gasteiger partial charge in [-0.15, -0.1) is 0 Å². The molecule has 2 aliphatic heterocycles. The lowest BCUT2D eigenvalue weighted by molar-refractivity contribution is -0.185. The van der Waals surface area contributed by atoms with Crippen molar-refractivity contribution >= 4 is 17.4 Å². The summed E-state index contributed by atoms with van der Waals surface area (Å²) in [5, 5.41) is 17.5. The fourth-order valence-electron chi connectivity index (χ4n) is 4.54. The third kappa shape index (κ3) is 2.46. The van der Waals surface area contributed by atoms with Crippen LogP contribution in [0, 0.1) is 0 Å². The zero-order valence-corrected chi connectivity index (χ0v) is 16.9. The second-order valence-corrected chi connectivity index (χ2v) is 9.15. The largest absolute Gasteiger partial charge is 0.444 e. The number of aliphatic hydroxyl groups excluding tert-OH is 1. The Morgan fingerprint density at radius 2 is 2.10 bits per heavy atom. The van der Waals surface area contributed by atoms with Gasteiger partial charge < -0.3 is 24.1 Å². The first-order valence-corrected chi connectivity index (χ1v) is 9.52. The number of hydrogen-bond donors (Lipinski definition) is 2. The fourth-order valence-corrected chi connectivity index (χ4v) is 4.54. The molecule has 2 aromatic rings. The number of carbonyl (C=O) groups is 1. The molecular weight excluding hydrogens is 380 g/mol. The molecule has 2 N–H and O–H groups in total. The minimum Gasteiger partial charge on any atom is -0.444 e. The van der Waals surface area contributed by atoms with Crippen LogP contribution < -0.4 is 5.32 Å². The van der Waals surface area contributed by atoms with Gasteiger partial charge in [-0.3, -0.25) is 5.32 Å². The molecular formula is C19H24N4O6. The van der Waals surface area contributed by atoms with Gasteiger partial charge in [0.2, 0.25) is 0 Å². The standard InChI is InChI=1S/C19H24N4O6/c1-16(2,3)27-15(25)22-14-10-6-7-11(23(10)21-9-20-14)18-8-26-13-12(24)19(13,18)29-17(4,5)28-18/h6-7,9,12-13,24H,8H2,1-5H3,(H,20,21,22,25)/t12?,13-,18+,19-/m1/s1. The highest BCUT2D eigenvalue weighted by Gasteiger charge is 2.88. The third-order valence-electron chi connectivity index (χ3n) is 5.46. The summed E-state index contributed by atoms with van der Waals surface area (Å²) in [7, 11) is 0. The van der Waals surface area contributed by atoms with Crippen LogP contribution in [0.25, 0.3) is 5.52 Å². The van der Waals surface area contributed by atoms with E-state index in [0.717, 1.165) is 0 Å². The predicted octanol–water partition coefficient (Wildman–Crippen LogP) is 1.57. The van der Waals surface area contributed by atoms with E-state index in [0.29, 0.717) is 17.0 Å². The zero-order valence-electron chi connectivity index (χ0n) is 16.9. The van der Waals surface area contributed by atoms with Crippen LogP contribution in [0.4, 0.5) is 10.6 Å². The van der Waals surface area contributed by atoms with Crippen molar-refractivity contribution in [1.29, 1.82) is 0 Å². The molecule has 10 heteroatoms. The van der Waals surface area contributed by atoms with E-state index in [-0.39, 0.29) is 6.61 Å². The summed E-state index contributed by atoms with van der Waals surface area (Å²) < 4.78 is 25.2. The number of ether oxygens (including phenoxy) is 4. The Bertz CT molecular complexity index is 1010. The van der Waals surface area contributed by atoms with E-state index in [9.17, 15) is 9.90 Å². The Morgan fingerprint density at radius 3 is 2.79 bits per heavy atom. The second-order valence-electron chi connectivity index (χ2n) is 9.15. The Labute approximate surface area is 167 Å². The molecule has 1 spiro atoms. The molecule has 1 aliphatic carbocycles. The van der Waals surface area contributed by atoms with Gasteiger partial charge in [-0.05, 0) is 46.8 Å². The van der Waals surface area contributed by atoms with Gasteiger partial charge in [0.25, 0.3) is 0 Å². The molecule has 29 heavy (non-hydrogen) atoms. The molecule has 1 unspecified atom stereocenters. The molecule has 0 bridgehead atoms. The molecule has 3 fully saturated rings. The van der Waals surface area contributed by atoms with E-state index in [2.05, 4.69) is 15.4 Å². The quantitative estimate of drug-likeness (QED) is 0.775. The summed E-state index contributed by atoms with van der Waals surface area (Å²) in [6, 6.07) is 3.61. The molecule has 2 saturated heterocycles. The summed E-state index contributed by atoms with van der Waals surface area (Å²) in [6.45, 7) is 9.20. The number of rotatable bonds is 2. The Balaban J connectivity index is 1.56. The monoisotopic (exact) mass is 404 g/mol. The molecule has 1 amide bonds. The number of nitrogens with one attached hydrogen (secondary N) is 1.